The van der Waals surface area contributed by atoms with Crippen molar-refractivity contribution in [1.82, 2.24) is 5.43 Å². The molecule has 0 unspecified atom stereocenters. The van der Waals surface area contributed by atoms with Gasteiger partial charge >= 0.3 is 6.61 Å². The molecule has 2 N–H and O–H groups in total. The van der Waals surface area contributed by atoms with E-state index in [0.717, 1.165) is 16.8 Å². The van der Waals surface area contributed by atoms with E-state index in [1.807, 2.05) is 32.0 Å². The maximum Gasteiger partial charge on any atom is 0.387 e. The predicted molar refractivity (Wildman–Crippen MR) is 95.9 cm³/mol. The van der Waals surface area contributed by atoms with Crippen LogP contribution in [0.2, 0.25) is 0 Å². The van der Waals surface area contributed by atoms with Gasteiger partial charge in [0.05, 0.1) is 6.21 Å². The highest BCUT2D eigenvalue weighted by Crippen LogP contribution is 2.18. The first-order valence-corrected chi connectivity index (χ1v) is 7.57. The van der Waals surface area contributed by atoms with Crippen LogP contribution in [0, 0.1) is 13.8 Å². The summed E-state index contributed by atoms with van der Waals surface area (Å²) >= 11 is 5.17. The molecule has 4 nitrogen and oxygen atoms in total. The average Bonchev–Trinajstić information content (AvgIpc) is 2.52. The van der Waals surface area contributed by atoms with Crippen molar-refractivity contribution in [2.75, 3.05) is 5.32 Å². The van der Waals surface area contributed by atoms with Crippen LogP contribution in [0.25, 0.3) is 0 Å². The SMILES string of the molecule is Cc1ccc(C)c(NC(=S)N/N=C\c2ccccc2OC(F)F)c1. The van der Waals surface area contributed by atoms with Crippen LogP contribution in [0.5, 0.6) is 5.75 Å². The Kier molecular flexibility index (Phi) is 6.20. The first-order valence-electron chi connectivity index (χ1n) is 7.17. The molecule has 0 aliphatic carbocycles. The number of hydrogen-bond acceptors (Lipinski definition) is 3. The van der Waals surface area contributed by atoms with Gasteiger partial charge in [0.25, 0.3) is 0 Å². The third kappa shape index (κ3) is 5.27. The number of rotatable bonds is 5. The largest absolute Gasteiger partial charge is 0.434 e. The van der Waals surface area contributed by atoms with Gasteiger partial charge in [-0.1, -0.05) is 24.3 Å². The van der Waals surface area contributed by atoms with Gasteiger partial charge in [0.1, 0.15) is 5.75 Å². The molecule has 0 aliphatic heterocycles. The van der Waals surface area contributed by atoms with E-state index in [9.17, 15) is 8.78 Å². The quantitative estimate of drug-likeness (QED) is 0.482. The molecule has 2 rings (SSSR count). The molecule has 0 heterocycles. The molecule has 0 spiro atoms. The summed E-state index contributed by atoms with van der Waals surface area (Å²) in [6.45, 7) is 1.06. The number of aryl methyl sites for hydroxylation is 2. The predicted octanol–water partition coefficient (Wildman–Crippen LogP) is 4.23. The topological polar surface area (TPSA) is 45.7 Å². The number of anilines is 1. The van der Waals surface area contributed by atoms with E-state index in [4.69, 9.17) is 12.2 Å². The van der Waals surface area contributed by atoms with Gasteiger partial charge in [-0.2, -0.15) is 13.9 Å². The molecule has 0 radical (unpaired) electrons. The molecule has 0 aliphatic rings. The first kappa shape index (κ1) is 17.8. The second kappa shape index (κ2) is 8.35. The van der Waals surface area contributed by atoms with Gasteiger partial charge in [-0.3, -0.25) is 5.43 Å². The summed E-state index contributed by atoms with van der Waals surface area (Å²) in [7, 11) is 0. The number of nitrogens with one attached hydrogen (secondary N) is 2. The molecule has 7 heteroatoms. The molecule has 126 valence electrons. The van der Waals surface area contributed by atoms with Crippen molar-refractivity contribution < 1.29 is 13.5 Å². The summed E-state index contributed by atoms with van der Waals surface area (Å²) in [6.07, 6.45) is 1.37. The third-order valence-electron chi connectivity index (χ3n) is 3.15. The lowest BCUT2D eigenvalue weighted by Gasteiger charge is -2.11. The van der Waals surface area contributed by atoms with Crippen molar-refractivity contribution in [2.24, 2.45) is 5.10 Å². The van der Waals surface area contributed by atoms with Gasteiger partial charge in [0.15, 0.2) is 5.11 Å². The van der Waals surface area contributed by atoms with Crippen LogP contribution >= 0.6 is 12.2 Å². The smallest absolute Gasteiger partial charge is 0.387 e. The minimum atomic E-state index is -2.89. The highest BCUT2D eigenvalue weighted by Gasteiger charge is 2.07. The number of thiocarbonyl (C=S) groups is 1. The lowest BCUT2D eigenvalue weighted by molar-refractivity contribution is -0.0499. The Morgan fingerprint density at radius 1 is 1.21 bits per heavy atom. The Morgan fingerprint density at radius 2 is 1.96 bits per heavy atom. The van der Waals surface area contributed by atoms with Gasteiger partial charge in [0.2, 0.25) is 0 Å². The van der Waals surface area contributed by atoms with Crippen LogP contribution in [0.15, 0.2) is 47.6 Å². The zero-order valence-electron chi connectivity index (χ0n) is 13.2. The van der Waals surface area contributed by atoms with E-state index in [1.165, 1.54) is 12.3 Å². The number of hydrazone groups is 1. The highest BCUT2D eigenvalue weighted by atomic mass is 32.1. The summed E-state index contributed by atoms with van der Waals surface area (Å²) < 4.78 is 29.1. The fourth-order valence-corrected chi connectivity index (χ4v) is 2.13. The third-order valence-corrected chi connectivity index (χ3v) is 3.34. The minimum Gasteiger partial charge on any atom is -0.434 e. The van der Waals surface area contributed by atoms with Crippen molar-refractivity contribution in [1.29, 1.82) is 0 Å². The van der Waals surface area contributed by atoms with Crippen molar-refractivity contribution in [2.45, 2.75) is 20.5 Å². The average molecular weight is 349 g/mol. The molecule has 0 saturated carbocycles. The van der Waals surface area contributed by atoms with Crippen LogP contribution in [0.4, 0.5) is 14.5 Å². The maximum absolute atomic E-state index is 12.4. The fraction of sp³-hybridized carbons (Fsp3) is 0.176. The fourth-order valence-electron chi connectivity index (χ4n) is 1.97. The number of benzene rings is 2. The number of halogens is 2. The van der Waals surface area contributed by atoms with Crippen LogP contribution in [-0.2, 0) is 0 Å². The Balaban J connectivity index is 1.99. The molecule has 0 amide bonds. The van der Waals surface area contributed by atoms with E-state index >= 15 is 0 Å². The van der Waals surface area contributed by atoms with Crippen LogP contribution in [-0.4, -0.2) is 17.9 Å². The number of alkyl halides is 2. The highest BCUT2D eigenvalue weighted by molar-refractivity contribution is 7.80. The van der Waals surface area contributed by atoms with Crippen LogP contribution in [0.3, 0.4) is 0 Å². The number of hydrogen-bond donors (Lipinski definition) is 2. The second-order valence-electron chi connectivity index (χ2n) is 5.06. The lowest BCUT2D eigenvalue weighted by atomic mass is 10.1. The van der Waals surface area contributed by atoms with Crippen molar-refractivity contribution in [3.63, 3.8) is 0 Å². The van der Waals surface area contributed by atoms with Gasteiger partial charge in [0, 0.05) is 11.3 Å². The molecule has 0 bridgehead atoms. The summed E-state index contributed by atoms with van der Waals surface area (Å²) in [5.41, 5.74) is 6.10. The molecule has 2 aromatic rings. The summed E-state index contributed by atoms with van der Waals surface area (Å²) in [6, 6.07) is 12.3. The molecule has 0 aromatic heterocycles. The number of para-hydroxylation sites is 1. The molecule has 2 aromatic carbocycles. The van der Waals surface area contributed by atoms with Gasteiger partial charge in [-0.05, 0) is 55.4 Å². The van der Waals surface area contributed by atoms with E-state index in [2.05, 4.69) is 20.6 Å². The normalized spacial score (nSPS) is 10.9. The molecular formula is C17H17F2N3OS. The molecule has 0 saturated heterocycles. The Morgan fingerprint density at radius 3 is 2.71 bits per heavy atom. The standard InChI is InChI=1S/C17H17F2N3OS/c1-11-7-8-12(2)14(9-11)21-17(24)22-20-10-13-5-3-4-6-15(13)23-16(18)19/h3-10,16H,1-2H3,(H2,21,22,24)/b20-10-. The van der Waals surface area contributed by atoms with E-state index in [0.29, 0.717) is 10.7 Å². The summed E-state index contributed by atoms with van der Waals surface area (Å²) in [5, 5.41) is 7.29. The first-order chi connectivity index (χ1) is 11.5. The Hall–Kier alpha value is -2.54. The van der Waals surface area contributed by atoms with Crippen molar-refractivity contribution in [3.05, 3.63) is 59.2 Å². The van der Waals surface area contributed by atoms with E-state index < -0.39 is 6.61 Å². The van der Waals surface area contributed by atoms with E-state index in [1.54, 1.807) is 18.2 Å². The maximum atomic E-state index is 12.4. The van der Waals surface area contributed by atoms with Crippen molar-refractivity contribution >= 4 is 29.2 Å². The van der Waals surface area contributed by atoms with E-state index in [-0.39, 0.29) is 5.75 Å². The second-order valence-corrected chi connectivity index (χ2v) is 5.47. The van der Waals surface area contributed by atoms with Gasteiger partial charge in [-0.15, -0.1) is 0 Å². The monoisotopic (exact) mass is 349 g/mol. The Bertz CT molecular complexity index is 750. The van der Waals surface area contributed by atoms with Gasteiger partial charge in [-0.25, -0.2) is 0 Å². The molecule has 24 heavy (non-hydrogen) atoms. The molecular weight excluding hydrogens is 332 g/mol. The van der Waals surface area contributed by atoms with Crippen LogP contribution < -0.4 is 15.5 Å². The Labute approximate surface area is 144 Å². The molecule has 0 atom stereocenters. The zero-order chi connectivity index (χ0) is 17.5. The zero-order valence-corrected chi connectivity index (χ0v) is 14.0. The number of ether oxygens (including phenoxy) is 1. The number of nitrogens with zero attached hydrogens (tertiary/aromatic N) is 1. The van der Waals surface area contributed by atoms with Crippen molar-refractivity contribution in [3.8, 4) is 5.75 Å². The minimum absolute atomic E-state index is 0.0476. The summed E-state index contributed by atoms with van der Waals surface area (Å²) in [5.74, 6) is 0.0476. The molecule has 0 fully saturated rings. The van der Waals surface area contributed by atoms with Crippen LogP contribution in [0.1, 0.15) is 16.7 Å². The lowest BCUT2D eigenvalue weighted by Crippen LogP contribution is -2.24. The van der Waals surface area contributed by atoms with Gasteiger partial charge < -0.3 is 10.1 Å². The summed E-state index contributed by atoms with van der Waals surface area (Å²) in [4.78, 5) is 0.